The van der Waals surface area contributed by atoms with E-state index < -0.39 is 0 Å². The molecule has 0 amide bonds. The topological polar surface area (TPSA) is 9.23 Å². The normalized spacial score (nSPS) is 12.2. The van der Waals surface area contributed by atoms with Crippen LogP contribution in [-0.2, 0) is 0 Å². The molecule has 2 aromatic carbocycles. The SMILES string of the molecule is CCOc1cc(Cl)c(C(Cl)c2ccccc2Br)cc1Cl. The molecule has 5 heteroatoms. The van der Waals surface area contributed by atoms with Gasteiger partial charge in [0, 0.05) is 15.6 Å². The zero-order chi connectivity index (χ0) is 14.7. The van der Waals surface area contributed by atoms with Crippen molar-refractivity contribution in [1.29, 1.82) is 0 Å². The molecule has 106 valence electrons. The second kappa shape index (κ2) is 7.04. The van der Waals surface area contributed by atoms with Crippen LogP contribution in [0.15, 0.2) is 40.9 Å². The van der Waals surface area contributed by atoms with Crippen LogP contribution in [0.1, 0.15) is 23.4 Å². The minimum absolute atomic E-state index is 0.383. The maximum Gasteiger partial charge on any atom is 0.139 e. The van der Waals surface area contributed by atoms with Gasteiger partial charge in [-0.05, 0) is 30.2 Å². The highest BCUT2D eigenvalue weighted by Gasteiger charge is 2.19. The fourth-order valence-electron chi connectivity index (χ4n) is 1.85. The van der Waals surface area contributed by atoms with Crippen LogP contribution in [0.3, 0.4) is 0 Å². The first kappa shape index (κ1) is 16.0. The molecule has 0 radical (unpaired) electrons. The summed E-state index contributed by atoms with van der Waals surface area (Å²) in [6.45, 7) is 2.42. The van der Waals surface area contributed by atoms with E-state index in [1.807, 2.05) is 31.2 Å². The molecule has 0 saturated heterocycles. The summed E-state index contributed by atoms with van der Waals surface area (Å²) in [7, 11) is 0. The van der Waals surface area contributed by atoms with Gasteiger partial charge >= 0.3 is 0 Å². The van der Waals surface area contributed by atoms with Crippen molar-refractivity contribution in [1.82, 2.24) is 0 Å². The highest BCUT2D eigenvalue weighted by Crippen LogP contribution is 2.41. The highest BCUT2D eigenvalue weighted by atomic mass is 79.9. The van der Waals surface area contributed by atoms with E-state index >= 15 is 0 Å². The molecule has 1 atom stereocenters. The van der Waals surface area contributed by atoms with Crippen LogP contribution in [0.25, 0.3) is 0 Å². The van der Waals surface area contributed by atoms with Crippen LogP contribution in [0.5, 0.6) is 5.75 Å². The van der Waals surface area contributed by atoms with Gasteiger partial charge in [-0.15, -0.1) is 11.6 Å². The highest BCUT2D eigenvalue weighted by molar-refractivity contribution is 9.10. The lowest BCUT2D eigenvalue weighted by Crippen LogP contribution is -1.98. The fraction of sp³-hybridized carbons (Fsp3) is 0.200. The van der Waals surface area contributed by atoms with E-state index in [-0.39, 0.29) is 5.38 Å². The molecule has 0 aliphatic rings. The lowest BCUT2D eigenvalue weighted by molar-refractivity contribution is 0.340. The van der Waals surface area contributed by atoms with Crippen molar-refractivity contribution in [2.75, 3.05) is 6.61 Å². The molecule has 1 unspecified atom stereocenters. The van der Waals surface area contributed by atoms with Crippen molar-refractivity contribution in [3.8, 4) is 5.75 Å². The van der Waals surface area contributed by atoms with Gasteiger partial charge in [-0.1, -0.05) is 57.3 Å². The van der Waals surface area contributed by atoms with Crippen LogP contribution in [0, 0.1) is 0 Å². The molecule has 1 nitrogen and oxygen atoms in total. The van der Waals surface area contributed by atoms with Crippen LogP contribution in [0.2, 0.25) is 10.0 Å². The molecule has 2 aromatic rings. The molecule has 0 spiro atoms. The monoisotopic (exact) mass is 392 g/mol. The van der Waals surface area contributed by atoms with E-state index in [1.165, 1.54) is 0 Å². The Balaban J connectivity index is 2.43. The number of alkyl halides is 1. The van der Waals surface area contributed by atoms with Gasteiger partial charge in [0.25, 0.3) is 0 Å². The number of hydrogen-bond donors (Lipinski definition) is 0. The number of benzene rings is 2. The van der Waals surface area contributed by atoms with Gasteiger partial charge in [0.15, 0.2) is 0 Å². The third-order valence-electron chi connectivity index (χ3n) is 2.80. The van der Waals surface area contributed by atoms with Gasteiger partial charge in [-0.2, -0.15) is 0 Å². The fourth-order valence-corrected chi connectivity index (χ4v) is 3.41. The summed E-state index contributed by atoms with van der Waals surface area (Å²) in [6.07, 6.45) is 0. The average Bonchev–Trinajstić information content (AvgIpc) is 2.42. The molecule has 0 heterocycles. The third-order valence-corrected chi connectivity index (χ3v) is 4.62. The third kappa shape index (κ3) is 3.43. The zero-order valence-corrected chi connectivity index (χ0v) is 14.5. The van der Waals surface area contributed by atoms with E-state index in [9.17, 15) is 0 Å². The lowest BCUT2D eigenvalue weighted by atomic mass is 10.0. The molecule has 0 aromatic heterocycles. The molecule has 20 heavy (non-hydrogen) atoms. The molecular formula is C15H12BrCl3O. The summed E-state index contributed by atoms with van der Waals surface area (Å²) in [5.41, 5.74) is 1.70. The van der Waals surface area contributed by atoms with Gasteiger partial charge in [-0.3, -0.25) is 0 Å². The first-order valence-electron chi connectivity index (χ1n) is 6.04. The van der Waals surface area contributed by atoms with E-state index in [0.29, 0.717) is 22.4 Å². The molecule has 0 N–H and O–H groups in total. The lowest BCUT2D eigenvalue weighted by Gasteiger charge is -2.16. The molecular weight excluding hydrogens is 382 g/mol. The van der Waals surface area contributed by atoms with Crippen LogP contribution in [-0.4, -0.2) is 6.61 Å². The van der Waals surface area contributed by atoms with E-state index in [1.54, 1.807) is 12.1 Å². The Labute approximate surface area is 141 Å². The maximum absolute atomic E-state index is 6.53. The van der Waals surface area contributed by atoms with Crippen molar-refractivity contribution >= 4 is 50.7 Å². The van der Waals surface area contributed by atoms with Crippen molar-refractivity contribution in [3.63, 3.8) is 0 Å². The predicted molar refractivity (Wildman–Crippen MR) is 89.5 cm³/mol. The van der Waals surface area contributed by atoms with Crippen LogP contribution < -0.4 is 4.74 Å². The first-order chi connectivity index (χ1) is 9.54. The average molecular weight is 395 g/mol. The van der Waals surface area contributed by atoms with Gasteiger partial charge in [-0.25, -0.2) is 0 Å². The second-order valence-corrected chi connectivity index (χ2v) is 6.23. The predicted octanol–water partition coefficient (Wildman–Crippen LogP) is 6.48. The Morgan fingerprint density at radius 2 is 1.80 bits per heavy atom. The first-order valence-corrected chi connectivity index (χ1v) is 8.03. The smallest absolute Gasteiger partial charge is 0.139 e. The van der Waals surface area contributed by atoms with Crippen molar-refractivity contribution in [2.45, 2.75) is 12.3 Å². The number of halogens is 4. The Bertz CT molecular complexity index is 616. The van der Waals surface area contributed by atoms with E-state index in [2.05, 4.69) is 15.9 Å². The summed E-state index contributed by atoms with van der Waals surface area (Å²) in [6, 6.07) is 11.2. The Kier molecular flexibility index (Phi) is 5.62. The minimum Gasteiger partial charge on any atom is -0.492 e. The maximum atomic E-state index is 6.53. The Morgan fingerprint density at radius 3 is 2.45 bits per heavy atom. The zero-order valence-electron chi connectivity index (χ0n) is 10.7. The quantitative estimate of drug-likeness (QED) is 0.539. The minimum atomic E-state index is -0.383. The second-order valence-electron chi connectivity index (χ2n) is 4.12. The summed E-state index contributed by atoms with van der Waals surface area (Å²) in [5.74, 6) is 0.568. The molecule has 0 aliphatic carbocycles. The summed E-state index contributed by atoms with van der Waals surface area (Å²) in [5, 5.41) is 0.656. The van der Waals surface area contributed by atoms with Crippen LogP contribution >= 0.6 is 50.7 Å². The van der Waals surface area contributed by atoms with Crippen molar-refractivity contribution < 1.29 is 4.74 Å². The molecule has 2 rings (SSSR count). The molecule has 0 saturated carbocycles. The summed E-state index contributed by atoms with van der Waals surface area (Å²) < 4.78 is 6.34. The largest absolute Gasteiger partial charge is 0.492 e. The summed E-state index contributed by atoms with van der Waals surface area (Å²) >= 11 is 22.5. The Morgan fingerprint density at radius 1 is 1.10 bits per heavy atom. The van der Waals surface area contributed by atoms with E-state index in [0.717, 1.165) is 15.6 Å². The Hall–Kier alpha value is -0.410. The van der Waals surface area contributed by atoms with Crippen molar-refractivity contribution in [3.05, 3.63) is 62.0 Å². The molecule has 0 fully saturated rings. The van der Waals surface area contributed by atoms with Gasteiger partial charge in [0.1, 0.15) is 5.75 Å². The van der Waals surface area contributed by atoms with E-state index in [4.69, 9.17) is 39.5 Å². The standard InChI is InChI=1S/C15H12BrCl3O/c1-2-20-14-8-12(17)10(7-13(14)18)15(19)9-5-3-4-6-11(9)16/h3-8,15H,2H2,1H3. The van der Waals surface area contributed by atoms with Gasteiger partial charge in [0.05, 0.1) is 17.0 Å². The number of ether oxygens (including phenoxy) is 1. The van der Waals surface area contributed by atoms with Crippen LogP contribution in [0.4, 0.5) is 0 Å². The van der Waals surface area contributed by atoms with Gasteiger partial charge in [0.2, 0.25) is 0 Å². The molecule has 0 bridgehead atoms. The number of hydrogen-bond acceptors (Lipinski definition) is 1. The molecule has 0 aliphatic heterocycles. The number of rotatable bonds is 4. The van der Waals surface area contributed by atoms with Crippen molar-refractivity contribution in [2.24, 2.45) is 0 Å². The van der Waals surface area contributed by atoms with Gasteiger partial charge < -0.3 is 4.74 Å². The summed E-state index contributed by atoms with van der Waals surface area (Å²) in [4.78, 5) is 0.